The number of amides is 4. The summed E-state index contributed by atoms with van der Waals surface area (Å²) in [6.07, 6.45) is 2.33. The molecule has 2 fully saturated rings. The Morgan fingerprint density at radius 3 is 2.50 bits per heavy atom. The summed E-state index contributed by atoms with van der Waals surface area (Å²) in [6.45, 7) is 2.36. The Morgan fingerprint density at radius 2 is 2.07 bits per heavy atom. The molecule has 0 spiro atoms. The minimum absolute atomic E-state index is 0.301. The van der Waals surface area contributed by atoms with Gasteiger partial charge in [0, 0.05) is 6.54 Å². The van der Waals surface area contributed by atoms with E-state index in [1.54, 1.807) is 0 Å². The highest BCUT2D eigenvalue weighted by Gasteiger charge is 2.39. The molecule has 1 N–H and O–H groups in total. The van der Waals surface area contributed by atoms with Crippen molar-refractivity contribution in [3.63, 3.8) is 0 Å². The summed E-state index contributed by atoms with van der Waals surface area (Å²) in [5, 5.41) is 1.98. The molecule has 1 heterocycles. The van der Waals surface area contributed by atoms with Crippen LogP contribution < -0.4 is 5.32 Å². The highest BCUT2D eigenvalue weighted by atomic mass is 16.2. The van der Waals surface area contributed by atoms with Gasteiger partial charge in [-0.25, -0.2) is 4.79 Å². The Morgan fingerprint density at radius 1 is 1.43 bits per heavy atom. The van der Waals surface area contributed by atoms with Crippen LogP contribution in [-0.4, -0.2) is 29.3 Å². The molecule has 1 atom stereocenters. The van der Waals surface area contributed by atoms with E-state index in [9.17, 15) is 14.4 Å². The first-order valence-electron chi connectivity index (χ1n) is 4.76. The van der Waals surface area contributed by atoms with Gasteiger partial charge in [0.2, 0.25) is 0 Å². The molecule has 0 radical (unpaired) electrons. The Hall–Kier alpha value is -1.39. The van der Waals surface area contributed by atoms with Gasteiger partial charge in [0.25, 0.3) is 0 Å². The van der Waals surface area contributed by atoms with Crippen molar-refractivity contribution in [1.29, 1.82) is 0 Å². The number of hydrogen-bond acceptors (Lipinski definition) is 3. The highest BCUT2D eigenvalue weighted by molar-refractivity contribution is 6.44. The third-order valence-electron chi connectivity index (χ3n) is 2.80. The Kier molecular flexibility index (Phi) is 2.02. The monoisotopic (exact) mass is 196 g/mol. The van der Waals surface area contributed by atoms with Gasteiger partial charge >= 0.3 is 17.8 Å². The fourth-order valence-corrected chi connectivity index (χ4v) is 1.70. The molecule has 5 heteroatoms. The number of rotatable bonds is 3. The van der Waals surface area contributed by atoms with Gasteiger partial charge < -0.3 is 0 Å². The number of hydrogen-bond donors (Lipinski definition) is 1. The van der Waals surface area contributed by atoms with Gasteiger partial charge in [-0.2, -0.15) is 0 Å². The van der Waals surface area contributed by atoms with E-state index in [-0.39, 0.29) is 0 Å². The van der Waals surface area contributed by atoms with Crippen LogP contribution in [0.15, 0.2) is 0 Å². The van der Waals surface area contributed by atoms with Crippen molar-refractivity contribution in [2.24, 2.45) is 11.8 Å². The van der Waals surface area contributed by atoms with Crippen LogP contribution in [0, 0.1) is 11.8 Å². The first-order valence-corrected chi connectivity index (χ1v) is 4.76. The maximum absolute atomic E-state index is 11.2. The molecular formula is C9H12N2O3. The average molecular weight is 196 g/mol. The second-order valence-corrected chi connectivity index (χ2v) is 3.99. The zero-order chi connectivity index (χ0) is 10.3. The molecule has 1 aliphatic heterocycles. The van der Waals surface area contributed by atoms with Gasteiger partial charge in [-0.15, -0.1) is 0 Å². The van der Waals surface area contributed by atoms with E-state index in [4.69, 9.17) is 0 Å². The van der Waals surface area contributed by atoms with E-state index >= 15 is 0 Å². The van der Waals surface area contributed by atoms with E-state index in [0.29, 0.717) is 18.4 Å². The number of nitrogens with one attached hydrogen (secondary N) is 1. The molecule has 5 nitrogen and oxygen atoms in total. The number of carbonyl (C=O) groups is 3. The van der Waals surface area contributed by atoms with Crippen LogP contribution in [0.1, 0.15) is 19.8 Å². The summed E-state index contributed by atoms with van der Waals surface area (Å²) in [7, 11) is 0. The minimum atomic E-state index is -0.807. The SMILES string of the molecule is CC(CN1C(=O)NC(=O)C1=O)C1CC1. The molecule has 0 aromatic heterocycles. The van der Waals surface area contributed by atoms with Crippen molar-refractivity contribution in [2.45, 2.75) is 19.8 Å². The Balaban J connectivity index is 1.99. The summed E-state index contributed by atoms with van der Waals surface area (Å²) >= 11 is 0. The predicted molar refractivity (Wildman–Crippen MR) is 47.1 cm³/mol. The van der Waals surface area contributed by atoms with Gasteiger partial charge in [-0.05, 0) is 24.7 Å². The third kappa shape index (κ3) is 1.49. The van der Waals surface area contributed by atoms with Crippen LogP contribution in [0.5, 0.6) is 0 Å². The van der Waals surface area contributed by atoms with Crippen molar-refractivity contribution >= 4 is 17.8 Å². The van der Waals surface area contributed by atoms with Gasteiger partial charge in [-0.1, -0.05) is 6.92 Å². The van der Waals surface area contributed by atoms with Gasteiger partial charge in [0.1, 0.15) is 0 Å². The van der Waals surface area contributed by atoms with Gasteiger partial charge in [0.15, 0.2) is 0 Å². The van der Waals surface area contributed by atoms with E-state index in [2.05, 4.69) is 0 Å². The molecule has 1 aliphatic carbocycles. The molecule has 1 saturated heterocycles. The van der Waals surface area contributed by atoms with Crippen LogP contribution in [0.2, 0.25) is 0 Å². The molecule has 76 valence electrons. The number of nitrogens with zero attached hydrogens (tertiary/aromatic N) is 1. The lowest BCUT2D eigenvalue weighted by molar-refractivity contribution is -0.140. The zero-order valence-corrected chi connectivity index (χ0v) is 7.95. The lowest BCUT2D eigenvalue weighted by Gasteiger charge is -2.16. The van der Waals surface area contributed by atoms with Crippen LogP contribution in [0.4, 0.5) is 4.79 Å². The van der Waals surface area contributed by atoms with Crippen LogP contribution in [-0.2, 0) is 9.59 Å². The van der Waals surface area contributed by atoms with Gasteiger partial charge in [-0.3, -0.25) is 19.8 Å². The summed E-state index contributed by atoms with van der Waals surface area (Å²) < 4.78 is 0. The fourth-order valence-electron chi connectivity index (χ4n) is 1.70. The van der Waals surface area contributed by atoms with Crippen LogP contribution >= 0.6 is 0 Å². The van der Waals surface area contributed by atoms with Crippen LogP contribution in [0.25, 0.3) is 0 Å². The summed E-state index contributed by atoms with van der Waals surface area (Å²) in [4.78, 5) is 34.2. The first kappa shape index (κ1) is 9.18. The van der Waals surface area contributed by atoms with E-state index in [1.807, 2.05) is 12.2 Å². The molecule has 4 amide bonds. The minimum Gasteiger partial charge on any atom is -0.269 e. The van der Waals surface area contributed by atoms with E-state index in [1.165, 1.54) is 12.8 Å². The lowest BCUT2D eigenvalue weighted by Crippen LogP contribution is -2.35. The van der Waals surface area contributed by atoms with E-state index in [0.717, 1.165) is 4.90 Å². The van der Waals surface area contributed by atoms with Crippen molar-refractivity contribution < 1.29 is 14.4 Å². The fraction of sp³-hybridized carbons (Fsp3) is 0.667. The molecule has 0 bridgehead atoms. The second-order valence-electron chi connectivity index (χ2n) is 3.99. The lowest BCUT2D eigenvalue weighted by atomic mass is 10.1. The van der Waals surface area contributed by atoms with Crippen molar-refractivity contribution in [1.82, 2.24) is 10.2 Å². The number of carbonyl (C=O) groups excluding carboxylic acids is 3. The normalized spacial score (nSPS) is 24.1. The zero-order valence-electron chi connectivity index (χ0n) is 7.95. The standard InChI is InChI=1S/C9H12N2O3/c1-5(6-2-3-6)4-11-8(13)7(12)10-9(11)14/h5-6H,2-4H2,1H3,(H,10,12,14). The van der Waals surface area contributed by atoms with Gasteiger partial charge in [0.05, 0.1) is 0 Å². The van der Waals surface area contributed by atoms with E-state index < -0.39 is 17.8 Å². The summed E-state index contributed by atoms with van der Waals surface area (Å²) in [5.74, 6) is -0.609. The van der Waals surface area contributed by atoms with Crippen molar-refractivity contribution in [2.75, 3.05) is 6.54 Å². The van der Waals surface area contributed by atoms with Crippen molar-refractivity contribution in [3.05, 3.63) is 0 Å². The average Bonchev–Trinajstić information content (AvgIpc) is 2.91. The quantitative estimate of drug-likeness (QED) is 0.514. The number of imide groups is 2. The summed E-state index contributed by atoms with van der Waals surface area (Å²) in [6, 6.07) is -0.576. The maximum atomic E-state index is 11.2. The molecule has 2 rings (SSSR count). The maximum Gasteiger partial charge on any atom is 0.331 e. The Labute approximate surface area is 81.4 Å². The third-order valence-corrected chi connectivity index (χ3v) is 2.80. The molecule has 2 aliphatic rings. The molecule has 0 aromatic rings. The highest BCUT2D eigenvalue weighted by Crippen LogP contribution is 2.37. The first-order chi connectivity index (χ1) is 6.59. The van der Waals surface area contributed by atoms with Crippen LogP contribution in [0.3, 0.4) is 0 Å². The summed E-state index contributed by atoms with van der Waals surface area (Å²) in [5.41, 5.74) is 0. The largest absolute Gasteiger partial charge is 0.331 e. The molecular weight excluding hydrogens is 184 g/mol. The Bertz CT molecular complexity index is 309. The molecule has 14 heavy (non-hydrogen) atoms. The topological polar surface area (TPSA) is 66.5 Å². The molecule has 1 saturated carbocycles. The predicted octanol–water partition coefficient (Wildman–Crippen LogP) is 0.111. The molecule has 1 unspecified atom stereocenters. The van der Waals surface area contributed by atoms with Crippen molar-refractivity contribution in [3.8, 4) is 0 Å². The molecule has 0 aromatic carbocycles. The second kappa shape index (κ2) is 3.08. The smallest absolute Gasteiger partial charge is 0.269 e. The number of urea groups is 1.